The summed E-state index contributed by atoms with van der Waals surface area (Å²) in [4.78, 5) is 11.2. The molecule has 2 aromatic heterocycles. The summed E-state index contributed by atoms with van der Waals surface area (Å²) in [5.41, 5.74) is 18.7. The van der Waals surface area contributed by atoms with E-state index in [1.165, 1.54) is 10.9 Å². The first-order chi connectivity index (χ1) is 36.7. The number of aromatic nitrogens is 2. The largest absolute Gasteiger partial charge is 0.330 e. The van der Waals surface area contributed by atoms with Gasteiger partial charge in [-0.3, -0.25) is 4.57 Å². The monoisotopic (exact) mass is 945 g/mol. The van der Waals surface area contributed by atoms with Gasteiger partial charge in [-0.25, -0.2) is 4.99 Å². The lowest BCUT2D eigenvalue weighted by Gasteiger charge is -2.25. The molecule has 1 N–H and O–H groups in total. The number of benzene rings is 11. The van der Waals surface area contributed by atoms with E-state index in [0.29, 0.717) is 11.8 Å². The van der Waals surface area contributed by atoms with E-state index in [0.717, 1.165) is 105 Å². The van der Waals surface area contributed by atoms with E-state index in [9.17, 15) is 0 Å². The van der Waals surface area contributed by atoms with Crippen LogP contribution in [0.5, 0.6) is 0 Å². The third-order valence-electron chi connectivity index (χ3n) is 14.6. The summed E-state index contributed by atoms with van der Waals surface area (Å²) < 4.78 is 4.87. The third kappa shape index (κ3) is 7.49. The van der Waals surface area contributed by atoms with Crippen molar-refractivity contribution >= 4 is 55.4 Å². The first kappa shape index (κ1) is 43.0. The van der Waals surface area contributed by atoms with E-state index in [1.54, 1.807) is 0 Å². The molecule has 0 radical (unpaired) electrons. The van der Waals surface area contributed by atoms with Crippen LogP contribution in [0.2, 0.25) is 0 Å². The second kappa shape index (κ2) is 18.1. The highest BCUT2D eigenvalue weighted by Crippen LogP contribution is 2.44. The average molecular weight is 946 g/mol. The van der Waals surface area contributed by atoms with Crippen LogP contribution >= 0.6 is 0 Å². The second-order valence-electron chi connectivity index (χ2n) is 19.0. The Morgan fingerprint density at radius 1 is 0.311 bits per heavy atom. The molecular formula is C69H47N5. The van der Waals surface area contributed by atoms with Crippen molar-refractivity contribution in [3.8, 4) is 61.3 Å². The number of rotatable bonds is 8. The van der Waals surface area contributed by atoms with Crippen LogP contribution in [0.15, 0.2) is 283 Å². The number of para-hydroxylation sites is 2. The SMILES string of the molecule is c1ccc(-c2cccc(-c3cc(C4=NC(c5ccccc5)NC(n5c6ccccc6c6ccc7c8ccccc8n(-c8cc(-c9ccccc9)ccc8-c8ccccc8)c7c65)=N4)cc(-c4ccccc4)c3)c2)cc1. The van der Waals surface area contributed by atoms with Crippen LogP contribution in [-0.4, -0.2) is 20.9 Å². The van der Waals surface area contributed by atoms with Gasteiger partial charge in [0.1, 0.15) is 6.17 Å². The zero-order valence-electron chi connectivity index (χ0n) is 40.3. The van der Waals surface area contributed by atoms with Gasteiger partial charge in [-0.1, -0.05) is 231 Å². The van der Waals surface area contributed by atoms with Gasteiger partial charge in [0.05, 0.1) is 27.8 Å². The van der Waals surface area contributed by atoms with Gasteiger partial charge in [0, 0.05) is 32.7 Å². The number of nitrogens with zero attached hydrogens (tertiary/aromatic N) is 4. The molecule has 5 nitrogen and oxygen atoms in total. The molecule has 1 unspecified atom stereocenters. The lowest BCUT2D eigenvalue weighted by atomic mass is 9.94. The minimum atomic E-state index is -0.447. The lowest BCUT2D eigenvalue weighted by Crippen LogP contribution is -2.37. The zero-order valence-corrected chi connectivity index (χ0v) is 40.3. The second-order valence-corrected chi connectivity index (χ2v) is 19.0. The number of hydrogen-bond donors (Lipinski definition) is 1. The maximum absolute atomic E-state index is 5.70. The molecule has 1 aliphatic heterocycles. The predicted octanol–water partition coefficient (Wildman–Crippen LogP) is 17.2. The van der Waals surface area contributed by atoms with Crippen LogP contribution in [0.3, 0.4) is 0 Å². The highest BCUT2D eigenvalue weighted by molar-refractivity contribution is 6.27. The van der Waals surface area contributed by atoms with Crippen molar-refractivity contribution in [3.05, 3.63) is 284 Å². The first-order valence-electron chi connectivity index (χ1n) is 25.3. The standard InChI is InChI=1S/C69H47N5/c1-6-21-46(22-7-1)51-31-20-32-52(41-51)55-42-54(48-25-10-3-11-26-48)43-56(44-55)68-70-67(50-29-14-5-15-30-50)71-69(72-68)74-63-36-19-17-34-59(63)61-40-39-60-58-33-16-18-35-62(58)73(65(60)66(61)74)64-45-53(47-23-8-2-9-24-47)37-38-57(64)49-27-12-4-13-28-49/h1-45,67H,(H,70,71,72). The third-order valence-corrected chi connectivity index (χ3v) is 14.6. The summed E-state index contributed by atoms with van der Waals surface area (Å²) in [6.07, 6.45) is -0.447. The molecule has 0 bridgehead atoms. The van der Waals surface area contributed by atoms with E-state index in [4.69, 9.17) is 9.98 Å². The minimum absolute atomic E-state index is 0.447. The van der Waals surface area contributed by atoms with Gasteiger partial charge in [0.15, 0.2) is 5.84 Å². The molecule has 3 heterocycles. The molecule has 0 aliphatic carbocycles. The fourth-order valence-electron chi connectivity index (χ4n) is 11.1. The van der Waals surface area contributed by atoms with Gasteiger partial charge in [0.2, 0.25) is 5.96 Å². The minimum Gasteiger partial charge on any atom is -0.330 e. The summed E-state index contributed by atoms with van der Waals surface area (Å²) >= 11 is 0. The topological polar surface area (TPSA) is 46.6 Å². The van der Waals surface area contributed by atoms with E-state index in [2.05, 4.69) is 287 Å². The fourth-order valence-corrected chi connectivity index (χ4v) is 11.1. The Morgan fingerprint density at radius 2 is 0.743 bits per heavy atom. The highest BCUT2D eigenvalue weighted by atomic mass is 15.3. The van der Waals surface area contributed by atoms with Crippen molar-refractivity contribution in [2.75, 3.05) is 0 Å². The smallest absolute Gasteiger partial charge is 0.212 e. The molecule has 14 rings (SSSR count). The first-order valence-corrected chi connectivity index (χ1v) is 25.3. The summed E-state index contributed by atoms with van der Waals surface area (Å²) in [5.74, 6) is 1.34. The Kier molecular flexibility index (Phi) is 10.5. The molecule has 5 heteroatoms. The Hall–Kier alpha value is -9.84. The Labute approximate surface area is 429 Å². The molecule has 0 saturated carbocycles. The Bertz CT molecular complexity index is 4310. The number of aliphatic imine (C=N–C) groups is 2. The summed E-state index contributed by atoms with van der Waals surface area (Å²) in [6, 6.07) is 97.9. The molecule has 74 heavy (non-hydrogen) atoms. The van der Waals surface area contributed by atoms with Crippen molar-refractivity contribution in [2.24, 2.45) is 9.98 Å². The molecule has 1 atom stereocenters. The molecule has 0 saturated heterocycles. The summed E-state index contributed by atoms with van der Waals surface area (Å²) in [7, 11) is 0. The van der Waals surface area contributed by atoms with Crippen molar-refractivity contribution in [1.29, 1.82) is 0 Å². The van der Waals surface area contributed by atoms with Crippen LogP contribution in [0, 0.1) is 0 Å². The average Bonchev–Trinajstić information content (AvgIpc) is 4.07. The number of hydrogen-bond acceptors (Lipinski definition) is 3. The van der Waals surface area contributed by atoms with Gasteiger partial charge in [-0.2, -0.15) is 4.99 Å². The van der Waals surface area contributed by atoms with E-state index in [-0.39, 0.29) is 0 Å². The van der Waals surface area contributed by atoms with Crippen LogP contribution in [0.4, 0.5) is 0 Å². The van der Waals surface area contributed by atoms with Crippen LogP contribution < -0.4 is 5.32 Å². The number of amidine groups is 1. The van der Waals surface area contributed by atoms with Crippen LogP contribution in [0.25, 0.3) is 105 Å². The number of fused-ring (bicyclic) bond motifs is 7. The fraction of sp³-hybridized carbons (Fsp3) is 0.0145. The van der Waals surface area contributed by atoms with Crippen molar-refractivity contribution < 1.29 is 0 Å². The van der Waals surface area contributed by atoms with Crippen molar-refractivity contribution in [2.45, 2.75) is 6.17 Å². The quantitative estimate of drug-likeness (QED) is 0.162. The van der Waals surface area contributed by atoms with Crippen LogP contribution in [-0.2, 0) is 0 Å². The van der Waals surface area contributed by atoms with Gasteiger partial charge in [-0.15, -0.1) is 0 Å². The molecule has 13 aromatic rings. The van der Waals surface area contributed by atoms with Gasteiger partial charge >= 0.3 is 0 Å². The maximum Gasteiger partial charge on any atom is 0.212 e. The molecular weight excluding hydrogens is 899 g/mol. The maximum atomic E-state index is 5.70. The van der Waals surface area contributed by atoms with Gasteiger partial charge in [-0.05, 0) is 98.1 Å². The molecule has 0 spiro atoms. The molecule has 1 aliphatic rings. The summed E-state index contributed by atoms with van der Waals surface area (Å²) in [5, 5.41) is 8.52. The highest BCUT2D eigenvalue weighted by Gasteiger charge is 2.28. The van der Waals surface area contributed by atoms with Crippen molar-refractivity contribution in [1.82, 2.24) is 14.5 Å². The van der Waals surface area contributed by atoms with Crippen LogP contribution in [0.1, 0.15) is 17.3 Å². The Morgan fingerprint density at radius 3 is 1.35 bits per heavy atom. The van der Waals surface area contributed by atoms with Gasteiger partial charge in [0.25, 0.3) is 0 Å². The molecule has 0 amide bonds. The lowest BCUT2D eigenvalue weighted by molar-refractivity contribution is 0.661. The molecule has 0 fully saturated rings. The number of nitrogens with one attached hydrogen (secondary N) is 1. The summed E-state index contributed by atoms with van der Waals surface area (Å²) in [6.45, 7) is 0. The van der Waals surface area contributed by atoms with Crippen molar-refractivity contribution in [3.63, 3.8) is 0 Å². The van der Waals surface area contributed by atoms with E-state index < -0.39 is 6.17 Å². The van der Waals surface area contributed by atoms with Gasteiger partial charge < -0.3 is 9.88 Å². The zero-order chi connectivity index (χ0) is 49.0. The normalized spacial score (nSPS) is 13.5. The predicted molar refractivity (Wildman–Crippen MR) is 309 cm³/mol. The molecule has 348 valence electrons. The Balaban J connectivity index is 1.05. The molecule has 11 aromatic carbocycles. The van der Waals surface area contributed by atoms with E-state index in [1.807, 2.05) is 0 Å². The van der Waals surface area contributed by atoms with E-state index >= 15 is 0 Å².